The minimum absolute atomic E-state index is 0.775. The van der Waals surface area contributed by atoms with Crippen LogP contribution >= 0.6 is 0 Å². The van der Waals surface area contributed by atoms with Gasteiger partial charge in [-0.15, -0.1) is 0 Å². The largest absolute Gasteiger partial charge is 0.298 e. The van der Waals surface area contributed by atoms with Gasteiger partial charge in [-0.2, -0.15) is 0 Å². The van der Waals surface area contributed by atoms with Gasteiger partial charge in [0.15, 0.2) is 0 Å². The lowest BCUT2D eigenvalue weighted by atomic mass is 9.96. The second-order valence-electron chi connectivity index (χ2n) is 4.65. The lowest BCUT2D eigenvalue weighted by molar-refractivity contribution is 0.145. The molecule has 1 saturated carbocycles. The van der Waals surface area contributed by atoms with Gasteiger partial charge in [0.25, 0.3) is 0 Å². The molecule has 0 amide bonds. The van der Waals surface area contributed by atoms with Crippen molar-refractivity contribution in [2.24, 2.45) is 11.8 Å². The Balaban J connectivity index is 2.02. The zero-order chi connectivity index (χ0) is 8.01. The van der Waals surface area contributed by atoms with Gasteiger partial charge in [-0.1, -0.05) is 6.92 Å². The number of rotatable bonds is 1. The summed E-state index contributed by atoms with van der Waals surface area (Å²) in [4.78, 5) is 2.69. The van der Waals surface area contributed by atoms with Gasteiger partial charge in [0, 0.05) is 18.6 Å². The third-order valence-corrected chi connectivity index (χ3v) is 3.60. The summed E-state index contributed by atoms with van der Waals surface area (Å²) in [5.74, 6) is 2.04. The van der Waals surface area contributed by atoms with Crippen LogP contribution < -0.4 is 0 Å². The fourth-order valence-electron chi connectivity index (χ4n) is 2.88. The summed E-state index contributed by atoms with van der Waals surface area (Å²) in [5, 5.41) is 0. The molecule has 1 aliphatic carbocycles. The van der Waals surface area contributed by atoms with E-state index in [2.05, 4.69) is 25.7 Å². The van der Waals surface area contributed by atoms with Crippen molar-refractivity contribution >= 4 is 0 Å². The predicted octanol–water partition coefficient (Wildman–Crippen LogP) is 2.13. The molecule has 2 bridgehead atoms. The average molecular weight is 153 g/mol. The average Bonchev–Trinajstić information content (AvgIpc) is 2.43. The van der Waals surface area contributed by atoms with E-state index in [1.54, 1.807) is 0 Å². The van der Waals surface area contributed by atoms with Gasteiger partial charge in [0.05, 0.1) is 0 Å². The molecule has 2 rings (SSSR count). The van der Waals surface area contributed by atoms with Crippen LogP contribution in [0.2, 0.25) is 0 Å². The fourth-order valence-corrected chi connectivity index (χ4v) is 2.88. The molecule has 0 unspecified atom stereocenters. The maximum absolute atomic E-state index is 2.69. The molecule has 1 aliphatic heterocycles. The van der Waals surface area contributed by atoms with Crippen LogP contribution in [0.25, 0.3) is 0 Å². The highest BCUT2D eigenvalue weighted by Crippen LogP contribution is 2.42. The van der Waals surface area contributed by atoms with Gasteiger partial charge >= 0.3 is 0 Å². The minimum Gasteiger partial charge on any atom is -0.298 e. The van der Waals surface area contributed by atoms with Crippen molar-refractivity contribution < 1.29 is 0 Å². The van der Waals surface area contributed by atoms with E-state index < -0.39 is 0 Å². The summed E-state index contributed by atoms with van der Waals surface area (Å²) in [5.41, 5.74) is 0. The monoisotopic (exact) mass is 153 g/mol. The Morgan fingerprint density at radius 2 is 2.00 bits per heavy atom. The quantitative estimate of drug-likeness (QED) is 0.558. The third kappa shape index (κ3) is 1.10. The molecule has 2 aliphatic rings. The molecule has 0 aromatic heterocycles. The molecule has 64 valence electrons. The van der Waals surface area contributed by atoms with E-state index in [1.807, 2.05) is 0 Å². The van der Waals surface area contributed by atoms with Crippen LogP contribution in [0.3, 0.4) is 0 Å². The van der Waals surface area contributed by atoms with Crippen LogP contribution in [0.5, 0.6) is 0 Å². The second kappa shape index (κ2) is 2.48. The van der Waals surface area contributed by atoms with Gasteiger partial charge in [-0.05, 0) is 38.5 Å². The van der Waals surface area contributed by atoms with Crippen LogP contribution in [0.15, 0.2) is 0 Å². The van der Waals surface area contributed by atoms with E-state index >= 15 is 0 Å². The lowest BCUT2D eigenvalue weighted by Gasteiger charge is -2.32. The SMILES string of the molecule is CC(C)N1C[C@H]2C[C@@H]1C[C@H]2C. The fraction of sp³-hybridized carbons (Fsp3) is 1.00. The molecule has 0 N–H and O–H groups in total. The molecular formula is C10H19N. The number of nitrogens with zero attached hydrogens (tertiary/aromatic N) is 1. The standard InChI is InChI=1S/C10H19N/c1-7(2)11-6-9-5-10(11)4-8(9)3/h7-10H,4-6H2,1-3H3/t8-,9-,10+/m1/s1. The van der Waals surface area contributed by atoms with Crippen LogP contribution in [-0.4, -0.2) is 23.5 Å². The van der Waals surface area contributed by atoms with Crippen molar-refractivity contribution in [3.8, 4) is 0 Å². The van der Waals surface area contributed by atoms with Gasteiger partial charge in [-0.25, -0.2) is 0 Å². The first-order valence-corrected chi connectivity index (χ1v) is 4.94. The summed E-state index contributed by atoms with van der Waals surface area (Å²) >= 11 is 0. The molecular weight excluding hydrogens is 134 g/mol. The summed E-state index contributed by atoms with van der Waals surface area (Å²) in [7, 11) is 0. The molecule has 1 saturated heterocycles. The number of fused-ring (bicyclic) bond motifs is 2. The molecule has 2 fully saturated rings. The summed E-state index contributed by atoms with van der Waals surface area (Å²) in [6, 6.07) is 1.72. The molecule has 3 atom stereocenters. The molecule has 0 aromatic rings. The van der Waals surface area contributed by atoms with E-state index in [9.17, 15) is 0 Å². The Bertz CT molecular complexity index is 151. The minimum atomic E-state index is 0.775. The van der Waals surface area contributed by atoms with E-state index in [0.29, 0.717) is 0 Å². The highest BCUT2D eigenvalue weighted by molar-refractivity contribution is 4.96. The lowest BCUT2D eigenvalue weighted by Crippen LogP contribution is -2.39. The maximum atomic E-state index is 2.69. The number of piperidine rings is 1. The van der Waals surface area contributed by atoms with Crippen LogP contribution in [-0.2, 0) is 0 Å². The molecule has 0 radical (unpaired) electrons. The smallest absolute Gasteiger partial charge is 0.0104 e. The second-order valence-corrected chi connectivity index (χ2v) is 4.65. The van der Waals surface area contributed by atoms with Crippen LogP contribution in [0.4, 0.5) is 0 Å². The Labute approximate surface area is 69.8 Å². The first kappa shape index (κ1) is 7.60. The van der Waals surface area contributed by atoms with Gasteiger partial charge in [0.1, 0.15) is 0 Å². The van der Waals surface area contributed by atoms with Gasteiger partial charge < -0.3 is 0 Å². The Kier molecular flexibility index (Phi) is 1.71. The molecule has 0 aromatic carbocycles. The Morgan fingerprint density at radius 1 is 1.27 bits per heavy atom. The van der Waals surface area contributed by atoms with Crippen LogP contribution in [0.1, 0.15) is 33.6 Å². The van der Waals surface area contributed by atoms with E-state index in [1.165, 1.54) is 19.4 Å². The molecule has 11 heavy (non-hydrogen) atoms. The normalized spacial score (nSPS) is 44.2. The molecule has 0 spiro atoms. The summed E-state index contributed by atoms with van der Waals surface area (Å²) < 4.78 is 0. The van der Waals surface area contributed by atoms with Crippen molar-refractivity contribution in [3.63, 3.8) is 0 Å². The van der Waals surface area contributed by atoms with Crippen molar-refractivity contribution in [1.82, 2.24) is 4.90 Å². The Morgan fingerprint density at radius 3 is 2.36 bits per heavy atom. The van der Waals surface area contributed by atoms with E-state index in [0.717, 1.165) is 23.9 Å². The Hall–Kier alpha value is -0.0400. The number of hydrogen-bond acceptors (Lipinski definition) is 1. The summed E-state index contributed by atoms with van der Waals surface area (Å²) in [6.07, 6.45) is 2.95. The van der Waals surface area contributed by atoms with E-state index in [4.69, 9.17) is 0 Å². The topological polar surface area (TPSA) is 3.24 Å². The first-order chi connectivity index (χ1) is 5.18. The number of likely N-dealkylation sites (tertiary alicyclic amines) is 1. The van der Waals surface area contributed by atoms with Crippen molar-refractivity contribution in [2.75, 3.05) is 6.54 Å². The molecule has 1 heteroatoms. The predicted molar refractivity (Wildman–Crippen MR) is 47.5 cm³/mol. The van der Waals surface area contributed by atoms with E-state index in [-0.39, 0.29) is 0 Å². The molecule has 1 heterocycles. The number of hydrogen-bond donors (Lipinski definition) is 0. The highest BCUT2D eigenvalue weighted by atomic mass is 15.2. The van der Waals surface area contributed by atoms with Crippen molar-refractivity contribution in [1.29, 1.82) is 0 Å². The summed E-state index contributed by atoms with van der Waals surface area (Å²) in [6.45, 7) is 8.45. The zero-order valence-electron chi connectivity index (χ0n) is 7.88. The zero-order valence-corrected chi connectivity index (χ0v) is 7.88. The van der Waals surface area contributed by atoms with Crippen LogP contribution in [0, 0.1) is 11.8 Å². The molecule has 1 nitrogen and oxygen atoms in total. The van der Waals surface area contributed by atoms with Gasteiger partial charge in [-0.3, -0.25) is 4.90 Å². The maximum Gasteiger partial charge on any atom is 0.0104 e. The third-order valence-electron chi connectivity index (χ3n) is 3.60. The van der Waals surface area contributed by atoms with Gasteiger partial charge in [0.2, 0.25) is 0 Å². The highest BCUT2D eigenvalue weighted by Gasteiger charge is 2.42. The van der Waals surface area contributed by atoms with Crippen molar-refractivity contribution in [3.05, 3.63) is 0 Å². The first-order valence-electron chi connectivity index (χ1n) is 4.94. The van der Waals surface area contributed by atoms with Crippen molar-refractivity contribution in [2.45, 2.75) is 45.7 Å².